The number of phenolic OH excluding ortho intramolecular Hbond substituents is 1. The lowest BCUT2D eigenvalue weighted by Crippen LogP contribution is -2.56. The minimum atomic E-state index is -3.06. The third-order valence-corrected chi connectivity index (χ3v) is 8.40. The predicted octanol–water partition coefficient (Wildman–Crippen LogP) is 4.17. The molecule has 0 fully saturated rings. The lowest BCUT2D eigenvalue weighted by Gasteiger charge is -2.31. The van der Waals surface area contributed by atoms with E-state index in [9.17, 15) is 48.6 Å². The normalized spacial score (nSPS) is 13.0. The predicted molar refractivity (Wildman–Crippen MR) is 200 cm³/mol. The van der Waals surface area contributed by atoms with Crippen LogP contribution in [0, 0.1) is 5.92 Å². The quantitative estimate of drug-likeness (QED) is 0.0338. The van der Waals surface area contributed by atoms with Crippen LogP contribution in [0.5, 0.6) is 5.75 Å². The molecule has 57 heavy (non-hydrogen) atoms. The van der Waals surface area contributed by atoms with Gasteiger partial charge in [0.05, 0.1) is 12.3 Å². The first kappa shape index (κ1) is 49.7. The Labute approximate surface area is 332 Å². The highest BCUT2D eigenvalue weighted by atomic mass is 16.7. The molecular weight excluding hydrogens is 750 g/mol. The van der Waals surface area contributed by atoms with E-state index in [4.69, 9.17) is 14.2 Å². The molecule has 3 N–H and O–H groups in total. The summed E-state index contributed by atoms with van der Waals surface area (Å²) in [5.41, 5.74) is -2.64. The zero-order valence-corrected chi connectivity index (χ0v) is 33.2. The van der Waals surface area contributed by atoms with Crippen LogP contribution in [0.2, 0.25) is 0 Å². The highest BCUT2D eigenvalue weighted by molar-refractivity contribution is 5.95. The van der Waals surface area contributed by atoms with Gasteiger partial charge in [0.1, 0.15) is 17.6 Å². The van der Waals surface area contributed by atoms with Crippen LogP contribution in [0.3, 0.4) is 0 Å². The number of hydrogen-bond donors (Lipinski definition) is 3. The molecule has 0 aliphatic rings. The Morgan fingerprint density at radius 1 is 0.702 bits per heavy atom. The Morgan fingerprint density at radius 3 is 1.79 bits per heavy atom. The first-order valence-corrected chi connectivity index (χ1v) is 19.0. The van der Waals surface area contributed by atoms with Crippen molar-refractivity contribution in [2.45, 2.75) is 129 Å². The molecule has 1 rings (SSSR count). The molecule has 1 amide bonds. The second-order valence-corrected chi connectivity index (χ2v) is 13.3. The number of unbranched alkanes of at least 4 members (excludes halogenated alkanes) is 8. The molecule has 0 heterocycles. The lowest BCUT2D eigenvalue weighted by molar-refractivity contribution is -0.192. The summed E-state index contributed by atoms with van der Waals surface area (Å²) in [7, 11) is 0. The van der Waals surface area contributed by atoms with Crippen molar-refractivity contribution in [1.82, 2.24) is 5.32 Å². The first-order valence-electron chi connectivity index (χ1n) is 19.0. The Hall–Kier alpha value is -5.32. The summed E-state index contributed by atoms with van der Waals surface area (Å²) in [6.07, 6.45) is 10.6. The lowest BCUT2D eigenvalue weighted by atomic mass is 9.82. The van der Waals surface area contributed by atoms with Crippen molar-refractivity contribution >= 4 is 47.5 Å². The van der Waals surface area contributed by atoms with Crippen molar-refractivity contribution in [1.29, 1.82) is 0 Å². The summed E-state index contributed by atoms with van der Waals surface area (Å²) >= 11 is 0. The second kappa shape index (κ2) is 28.1. The van der Waals surface area contributed by atoms with Crippen LogP contribution in [0.15, 0.2) is 36.4 Å². The van der Waals surface area contributed by atoms with E-state index in [1.807, 2.05) is 0 Å². The number of esters is 6. The number of Topliss-reactive ketones (excluding diaryl/α,β-unsaturated/α-hetero) is 1. The van der Waals surface area contributed by atoms with Crippen molar-refractivity contribution in [3.05, 3.63) is 42.0 Å². The molecule has 3 atom stereocenters. The van der Waals surface area contributed by atoms with Gasteiger partial charge in [0.25, 0.3) is 0 Å². The number of aromatic hydroxyl groups is 1. The van der Waals surface area contributed by atoms with Crippen molar-refractivity contribution in [2.24, 2.45) is 5.92 Å². The zero-order chi connectivity index (χ0) is 42.6. The molecule has 0 aromatic heterocycles. The number of nitrogens with one attached hydrogen (secondary N) is 1. The van der Waals surface area contributed by atoms with Gasteiger partial charge in [-0.2, -0.15) is 0 Å². The minimum absolute atomic E-state index is 0.0819. The fourth-order valence-corrected chi connectivity index (χ4v) is 5.33. The average molecular weight is 808 g/mol. The summed E-state index contributed by atoms with van der Waals surface area (Å²) in [4.78, 5) is 99.6. The highest BCUT2D eigenvalue weighted by Gasteiger charge is 2.51. The Morgan fingerprint density at radius 2 is 1.23 bits per heavy atom. The maximum Gasteiger partial charge on any atom is 0.342 e. The van der Waals surface area contributed by atoms with E-state index in [1.54, 1.807) is 0 Å². The summed E-state index contributed by atoms with van der Waals surface area (Å²) < 4.78 is 28.7. The van der Waals surface area contributed by atoms with E-state index in [2.05, 4.69) is 26.5 Å². The number of ketones is 1. The number of ether oxygens (including phenoxy) is 6. The molecule has 0 saturated carbocycles. The standard InChI is InChI=1S/C40H57NO16/c1-5-6-7-10-13-16-32(45)17-14-11-8-9-12-15-18-34(40(51,39(50)57-27-54-30(4)44)24-36(47)55-25-52-28(2)42)37(48)41-35(38(49)56-26-53-29(3)43)23-31-19-21-33(46)22-20-31/h15,18-22,34-35,46,51H,5-14,16-17,23-27H2,1-4H3,(H,41,48)/b18-15+/t34-,35+,40+/m1/s1. The number of aliphatic hydroxyl groups is 1. The largest absolute Gasteiger partial charge is 0.508 e. The molecule has 0 aliphatic carbocycles. The molecule has 0 unspecified atom stereocenters. The molecule has 318 valence electrons. The summed E-state index contributed by atoms with van der Waals surface area (Å²) in [5.74, 6) is -9.38. The van der Waals surface area contributed by atoms with Crippen molar-refractivity contribution in [3.8, 4) is 5.75 Å². The van der Waals surface area contributed by atoms with Gasteiger partial charge in [-0.1, -0.05) is 69.7 Å². The van der Waals surface area contributed by atoms with Crippen LogP contribution in [0.1, 0.15) is 117 Å². The number of allylic oxidation sites excluding steroid dienone is 1. The van der Waals surface area contributed by atoms with Crippen LogP contribution in [-0.2, 0) is 73.2 Å². The third-order valence-electron chi connectivity index (χ3n) is 8.40. The molecule has 1 aromatic carbocycles. The van der Waals surface area contributed by atoms with Gasteiger partial charge >= 0.3 is 35.8 Å². The zero-order valence-electron chi connectivity index (χ0n) is 33.2. The Bertz CT molecular complexity index is 1490. The van der Waals surface area contributed by atoms with Crippen LogP contribution in [-0.4, -0.2) is 89.7 Å². The van der Waals surface area contributed by atoms with Crippen molar-refractivity contribution < 1.29 is 77.0 Å². The van der Waals surface area contributed by atoms with E-state index < -0.39 is 86.1 Å². The van der Waals surface area contributed by atoms with Crippen LogP contribution >= 0.6 is 0 Å². The van der Waals surface area contributed by atoms with Gasteiger partial charge in [-0.15, -0.1) is 0 Å². The molecule has 0 saturated heterocycles. The Kier molecular flexibility index (Phi) is 24.5. The number of carbonyl (C=O) groups excluding carboxylic acids is 8. The van der Waals surface area contributed by atoms with Crippen molar-refractivity contribution in [3.63, 3.8) is 0 Å². The van der Waals surface area contributed by atoms with Crippen molar-refractivity contribution in [2.75, 3.05) is 20.4 Å². The molecule has 17 nitrogen and oxygen atoms in total. The maximum atomic E-state index is 14.1. The molecule has 0 radical (unpaired) electrons. The molecular formula is C40H57NO16. The van der Waals surface area contributed by atoms with Crippen LogP contribution in [0.4, 0.5) is 0 Å². The Balaban J connectivity index is 3.34. The van der Waals surface area contributed by atoms with Gasteiger partial charge < -0.3 is 44.0 Å². The smallest absolute Gasteiger partial charge is 0.342 e. The number of carbonyl (C=O) groups is 8. The number of benzene rings is 1. The van der Waals surface area contributed by atoms with Gasteiger partial charge in [-0.25, -0.2) is 9.59 Å². The van der Waals surface area contributed by atoms with E-state index >= 15 is 0 Å². The molecule has 0 spiro atoms. The maximum absolute atomic E-state index is 14.1. The monoisotopic (exact) mass is 807 g/mol. The summed E-state index contributed by atoms with van der Waals surface area (Å²) in [5, 5.41) is 24.0. The third kappa shape index (κ3) is 22.1. The molecule has 1 aromatic rings. The highest BCUT2D eigenvalue weighted by Crippen LogP contribution is 2.28. The van der Waals surface area contributed by atoms with Gasteiger partial charge in [-0.05, 0) is 43.4 Å². The number of rotatable bonds is 29. The van der Waals surface area contributed by atoms with Gasteiger partial charge in [0, 0.05) is 40.0 Å². The van der Waals surface area contributed by atoms with Gasteiger partial charge in [0.15, 0.2) is 5.60 Å². The average Bonchev–Trinajstić information content (AvgIpc) is 3.13. The van der Waals surface area contributed by atoms with E-state index in [0.717, 1.165) is 65.4 Å². The second-order valence-electron chi connectivity index (χ2n) is 13.3. The fourth-order valence-electron chi connectivity index (χ4n) is 5.33. The number of amides is 1. The summed E-state index contributed by atoms with van der Waals surface area (Å²) in [6, 6.07) is 4.03. The van der Waals surface area contributed by atoms with Gasteiger partial charge in [-0.3, -0.25) is 28.8 Å². The van der Waals surface area contributed by atoms with Gasteiger partial charge in [0.2, 0.25) is 26.3 Å². The van der Waals surface area contributed by atoms with Crippen LogP contribution < -0.4 is 5.32 Å². The van der Waals surface area contributed by atoms with E-state index in [0.29, 0.717) is 44.1 Å². The first-order chi connectivity index (χ1) is 27.1. The molecule has 17 heteroatoms. The number of hydrogen-bond acceptors (Lipinski definition) is 16. The SMILES string of the molecule is CCCCCCCC(=O)CCCCCC/C=C/[C@H](C(=O)N[C@@H](Cc1ccc(O)cc1)C(=O)OCOC(C)=O)[C@@](O)(CC(=O)OCOC(C)=O)C(=O)OCOC(C)=O. The molecule has 0 aliphatic heterocycles. The van der Waals surface area contributed by atoms with E-state index in [-0.39, 0.29) is 18.0 Å². The topological polar surface area (TPSA) is 244 Å². The molecule has 0 bridgehead atoms. The fraction of sp³-hybridized carbons (Fsp3) is 0.600. The number of phenols is 1. The minimum Gasteiger partial charge on any atom is -0.508 e. The van der Waals surface area contributed by atoms with Crippen LogP contribution in [0.25, 0.3) is 0 Å². The summed E-state index contributed by atoms with van der Waals surface area (Å²) in [6.45, 7) is 2.60. The van der Waals surface area contributed by atoms with E-state index in [1.165, 1.54) is 30.3 Å².